The van der Waals surface area contributed by atoms with E-state index in [1.807, 2.05) is 0 Å². The molecular weight excluding hydrogens is 276 g/mol. The molecule has 0 saturated carbocycles. The van der Waals surface area contributed by atoms with Crippen LogP contribution in [0.2, 0.25) is 0 Å². The Morgan fingerprint density at radius 1 is 1.39 bits per heavy atom. The van der Waals surface area contributed by atoms with Gasteiger partial charge in [0, 0.05) is 23.2 Å². The van der Waals surface area contributed by atoms with E-state index in [1.165, 1.54) is 31.3 Å². The Balaban J connectivity index is 2.54. The third kappa shape index (κ3) is 2.12. The first-order chi connectivity index (χ1) is 8.43. The molecular formula is C10H8N2O4S2. The fourth-order valence-electron chi connectivity index (χ4n) is 1.44. The second-order valence-corrected chi connectivity index (χ2v) is 6.52. The van der Waals surface area contributed by atoms with E-state index < -0.39 is 14.8 Å². The lowest BCUT2D eigenvalue weighted by molar-refractivity contribution is -0.385. The van der Waals surface area contributed by atoms with Crippen molar-refractivity contribution in [2.75, 3.05) is 0 Å². The van der Waals surface area contributed by atoms with Gasteiger partial charge < -0.3 is 0 Å². The van der Waals surface area contributed by atoms with Crippen molar-refractivity contribution < 1.29 is 13.3 Å². The maximum Gasteiger partial charge on any atom is 0.272 e. The van der Waals surface area contributed by atoms with Gasteiger partial charge in [-0.3, -0.25) is 10.1 Å². The first kappa shape index (κ1) is 12.7. The number of nitro groups is 1. The van der Waals surface area contributed by atoms with Gasteiger partial charge in [-0.2, -0.15) is 0 Å². The van der Waals surface area contributed by atoms with Crippen LogP contribution < -0.4 is 0 Å². The number of hydrogen-bond donors (Lipinski definition) is 0. The third-order valence-electron chi connectivity index (χ3n) is 2.31. The zero-order valence-corrected chi connectivity index (χ0v) is 10.9. The van der Waals surface area contributed by atoms with E-state index in [-0.39, 0.29) is 14.9 Å². The van der Waals surface area contributed by atoms with Crippen LogP contribution in [-0.4, -0.2) is 18.3 Å². The van der Waals surface area contributed by atoms with Gasteiger partial charge in [0.25, 0.3) is 5.69 Å². The SMILES string of the molecule is Cc1cc(S(=O)(=O)c2nccs2)ccc1[N+](=O)[O-]. The minimum absolute atomic E-state index is 0.0144. The number of aryl methyl sites for hydroxylation is 1. The molecule has 1 aromatic carbocycles. The van der Waals surface area contributed by atoms with Crippen LogP contribution in [0.1, 0.15) is 5.56 Å². The number of nitro benzene ring substituents is 1. The van der Waals surface area contributed by atoms with E-state index >= 15 is 0 Å². The van der Waals surface area contributed by atoms with Crippen molar-refractivity contribution in [3.05, 3.63) is 45.5 Å². The number of hydrogen-bond acceptors (Lipinski definition) is 6. The van der Waals surface area contributed by atoms with Crippen molar-refractivity contribution in [1.29, 1.82) is 0 Å². The smallest absolute Gasteiger partial charge is 0.258 e. The molecule has 0 aliphatic rings. The van der Waals surface area contributed by atoms with Gasteiger partial charge in [0.15, 0.2) is 0 Å². The highest BCUT2D eigenvalue weighted by Gasteiger charge is 2.22. The minimum atomic E-state index is -3.68. The Hall–Kier alpha value is -1.80. The van der Waals surface area contributed by atoms with Crippen LogP contribution in [0, 0.1) is 17.0 Å². The first-order valence-electron chi connectivity index (χ1n) is 4.82. The number of rotatable bonds is 3. The molecule has 8 heteroatoms. The second kappa shape index (κ2) is 4.46. The lowest BCUT2D eigenvalue weighted by atomic mass is 10.2. The van der Waals surface area contributed by atoms with Gasteiger partial charge in [-0.05, 0) is 19.1 Å². The van der Waals surface area contributed by atoms with Crippen molar-refractivity contribution in [2.45, 2.75) is 16.2 Å². The first-order valence-corrected chi connectivity index (χ1v) is 7.19. The quantitative estimate of drug-likeness (QED) is 0.636. The fourth-order valence-corrected chi connectivity index (χ4v) is 3.75. The third-order valence-corrected chi connectivity index (χ3v) is 5.27. The van der Waals surface area contributed by atoms with E-state index in [0.29, 0.717) is 5.56 Å². The van der Waals surface area contributed by atoms with Crippen molar-refractivity contribution in [2.24, 2.45) is 0 Å². The molecule has 0 aliphatic heterocycles. The summed E-state index contributed by atoms with van der Waals surface area (Å²) in [4.78, 5) is 13.9. The van der Waals surface area contributed by atoms with Gasteiger partial charge in [0.1, 0.15) is 0 Å². The number of benzene rings is 1. The molecule has 18 heavy (non-hydrogen) atoms. The van der Waals surface area contributed by atoms with Gasteiger partial charge in [0.2, 0.25) is 14.2 Å². The topological polar surface area (TPSA) is 90.2 Å². The van der Waals surface area contributed by atoms with Crippen LogP contribution in [0.15, 0.2) is 39.0 Å². The largest absolute Gasteiger partial charge is 0.272 e. The van der Waals surface area contributed by atoms with Gasteiger partial charge in [-0.15, -0.1) is 11.3 Å². The van der Waals surface area contributed by atoms with Crippen molar-refractivity contribution in [1.82, 2.24) is 4.98 Å². The molecule has 2 rings (SSSR count). The molecule has 0 atom stereocenters. The summed E-state index contributed by atoms with van der Waals surface area (Å²) in [6, 6.07) is 3.70. The highest BCUT2D eigenvalue weighted by atomic mass is 32.2. The summed E-state index contributed by atoms with van der Waals surface area (Å²) in [6.45, 7) is 1.50. The summed E-state index contributed by atoms with van der Waals surface area (Å²) in [6.07, 6.45) is 1.40. The summed E-state index contributed by atoms with van der Waals surface area (Å²) < 4.78 is 24.2. The normalized spacial score (nSPS) is 11.4. The van der Waals surface area contributed by atoms with Gasteiger partial charge in [-0.1, -0.05) is 0 Å². The lowest BCUT2D eigenvalue weighted by Crippen LogP contribution is -2.02. The Morgan fingerprint density at radius 3 is 2.61 bits per heavy atom. The summed E-state index contributed by atoms with van der Waals surface area (Å²) in [5.74, 6) is 0. The Kier molecular flexibility index (Phi) is 3.14. The molecule has 0 aliphatic carbocycles. The maximum absolute atomic E-state index is 12.1. The van der Waals surface area contributed by atoms with Crippen LogP contribution in [-0.2, 0) is 9.84 Å². The van der Waals surface area contributed by atoms with E-state index in [4.69, 9.17) is 0 Å². The molecule has 0 radical (unpaired) electrons. The predicted molar refractivity (Wildman–Crippen MR) is 65.4 cm³/mol. The highest BCUT2D eigenvalue weighted by Crippen LogP contribution is 2.26. The van der Waals surface area contributed by atoms with Crippen molar-refractivity contribution in [3.63, 3.8) is 0 Å². The average Bonchev–Trinajstić information content (AvgIpc) is 2.82. The van der Waals surface area contributed by atoms with E-state index in [1.54, 1.807) is 5.38 Å². The molecule has 0 unspecified atom stereocenters. The Morgan fingerprint density at radius 2 is 2.11 bits per heavy atom. The summed E-state index contributed by atoms with van der Waals surface area (Å²) in [7, 11) is -3.68. The maximum atomic E-state index is 12.1. The van der Waals surface area contributed by atoms with Gasteiger partial charge >= 0.3 is 0 Å². The number of nitrogens with zero attached hydrogens (tertiary/aromatic N) is 2. The van der Waals surface area contributed by atoms with Crippen LogP contribution in [0.3, 0.4) is 0 Å². The molecule has 94 valence electrons. The summed E-state index contributed by atoms with van der Waals surface area (Å²) in [5.41, 5.74) is 0.200. The molecule has 0 bridgehead atoms. The minimum Gasteiger partial charge on any atom is -0.258 e. The molecule has 0 spiro atoms. The van der Waals surface area contributed by atoms with Crippen LogP contribution in [0.4, 0.5) is 5.69 Å². The lowest BCUT2D eigenvalue weighted by Gasteiger charge is -2.02. The van der Waals surface area contributed by atoms with E-state index in [2.05, 4.69) is 4.98 Å². The number of sulfone groups is 1. The van der Waals surface area contributed by atoms with E-state index in [0.717, 1.165) is 11.3 Å². The van der Waals surface area contributed by atoms with Gasteiger partial charge in [-0.25, -0.2) is 13.4 Å². The second-order valence-electron chi connectivity index (χ2n) is 3.51. The zero-order chi connectivity index (χ0) is 13.3. The Labute approximate surface area is 107 Å². The molecule has 0 fully saturated rings. The van der Waals surface area contributed by atoms with Crippen LogP contribution in [0.5, 0.6) is 0 Å². The highest BCUT2D eigenvalue weighted by molar-refractivity contribution is 7.93. The number of thiazole rings is 1. The molecule has 6 nitrogen and oxygen atoms in total. The Bertz CT molecular complexity index is 693. The molecule has 2 aromatic rings. The molecule has 0 saturated heterocycles. The molecule has 1 aromatic heterocycles. The van der Waals surface area contributed by atoms with Crippen molar-refractivity contribution >= 4 is 26.9 Å². The van der Waals surface area contributed by atoms with Gasteiger partial charge in [0.05, 0.1) is 9.82 Å². The fraction of sp³-hybridized carbons (Fsp3) is 0.100. The summed E-state index contributed by atoms with van der Waals surface area (Å²) in [5, 5.41) is 12.2. The predicted octanol–water partition coefficient (Wildman–Crippen LogP) is 2.19. The van der Waals surface area contributed by atoms with E-state index in [9.17, 15) is 18.5 Å². The zero-order valence-electron chi connectivity index (χ0n) is 9.23. The molecule has 1 heterocycles. The van der Waals surface area contributed by atoms with Crippen LogP contribution >= 0.6 is 11.3 Å². The van der Waals surface area contributed by atoms with Crippen molar-refractivity contribution in [3.8, 4) is 0 Å². The monoisotopic (exact) mass is 284 g/mol. The molecule has 0 amide bonds. The van der Waals surface area contributed by atoms with Crippen LogP contribution in [0.25, 0.3) is 0 Å². The summed E-state index contributed by atoms with van der Waals surface area (Å²) >= 11 is 1.01. The standard InChI is InChI=1S/C10H8N2O4S2/c1-7-6-8(2-3-9(7)12(13)14)18(15,16)10-11-4-5-17-10/h2-6H,1H3. The number of aromatic nitrogens is 1. The molecule has 0 N–H and O–H groups in total. The average molecular weight is 284 g/mol.